The second kappa shape index (κ2) is 6.03. The van der Waals surface area contributed by atoms with Crippen LogP contribution in [0.3, 0.4) is 0 Å². The number of fused-ring (bicyclic) bond motifs is 1. The number of aromatic amines is 1. The number of anilines is 1. The Labute approximate surface area is 145 Å². The number of nitrogens with zero attached hydrogens (tertiary/aromatic N) is 2. The first-order chi connectivity index (χ1) is 12.1. The highest BCUT2D eigenvalue weighted by atomic mass is 16.2. The Morgan fingerprint density at radius 3 is 2.96 bits per heavy atom. The summed E-state index contributed by atoms with van der Waals surface area (Å²) in [5, 5.41) is 5.87. The molecule has 132 valence electrons. The van der Waals surface area contributed by atoms with E-state index in [2.05, 4.69) is 25.7 Å². The van der Waals surface area contributed by atoms with Gasteiger partial charge in [-0.25, -0.2) is 9.99 Å². The number of hydrazine groups is 1. The minimum absolute atomic E-state index is 0.184. The third-order valence-corrected chi connectivity index (χ3v) is 5.44. The van der Waals surface area contributed by atoms with Gasteiger partial charge in [0.15, 0.2) is 0 Å². The van der Waals surface area contributed by atoms with Crippen LogP contribution in [0.4, 0.5) is 5.69 Å². The Bertz CT molecular complexity index is 832. The highest BCUT2D eigenvalue weighted by Gasteiger charge is 2.42. The van der Waals surface area contributed by atoms with Gasteiger partial charge in [0.25, 0.3) is 5.91 Å². The van der Waals surface area contributed by atoms with E-state index in [1.165, 1.54) is 6.20 Å². The van der Waals surface area contributed by atoms with Gasteiger partial charge in [-0.1, -0.05) is 0 Å². The molecule has 1 atom stereocenters. The summed E-state index contributed by atoms with van der Waals surface area (Å²) >= 11 is 0. The van der Waals surface area contributed by atoms with Crippen LogP contribution in [0.2, 0.25) is 0 Å². The molecule has 5 N–H and O–H groups in total. The Balaban J connectivity index is 1.59. The van der Waals surface area contributed by atoms with E-state index in [1.807, 2.05) is 6.07 Å². The molecule has 25 heavy (non-hydrogen) atoms. The van der Waals surface area contributed by atoms with Crippen LogP contribution in [0, 0.1) is 5.41 Å². The molecule has 0 bridgehead atoms. The Morgan fingerprint density at radius 1 is 1.32 bits per heavy atom. The fourth-order valence-electron chi connectivity index (χ4n) is 3.97. The Morgan fingerprint density at radius 2 is 2.20 bits per heavy atom. The molecule has 1 unspecified atom stereocenters. The van der Waals surface area contributed by atoms with Gasteiger partial charge in [0, 0.05) is 37.4 Å². The van der Waals surface area contributed by atoms with Crippen molar-refractivity contribution in [1.29, 1.82) is 0 Å². The number of rotatable bonds is 3. The number of pyridine rings is 1. The standard InChI is InChI=1S/C17H22N6O2/c18-14(24)12-10-21-15-11(2-6-19-15)13(12)22-23-8-1-3-17(5-9-23)4-7-20-16(17)25/h2,6,10H,1,3-5,7-9H2,(H2,18,24)(H,20,25)(H2,19,21,22). The molecule has 8 heteroatoms. The van der Waals surface area contributed by atoms with Crippen molar-refractivity contribution in [3.05, 3.63) is 24.0 Å². The van der Waals surface area contributed by atoms with Gasteiger partial charge in [-0.2, -0.15) is 0 Å². The number of H-pyrrole nitrogens is 1. The fourth-order valence-corrected chi connectivity index (χ4v) is 3.97. The lowest BCUT2D eigenvalue weighted by Gasteiger charge is -2.26. The maximum Gasteiger partial charge on any atom is 0.252 e. The van der Waals surface area contributed by atoms with E-state index in [-0.39, 0.29) is 11.3 Å². The summed E-state index contributed by atoms with van der Waals surface area (Å²) in [7, 11) is 0. The minimum Gasteiger partial charge on any atom is -0.365 e. The maximum absolute atomic E-state index is 12.2. The van der Waals surface area contributed by atoms with Gasteiger partial charge in [0.05, 0.1) is 16.7 Å². The predicted molar refractivity (Wildman–Crippen MR) is 93.7 cm³/mol. The molecule has 2 amide bonds. The van der Waals surface area contributed by atoms with Crippen molar-refractivity contribution < 1.29 is 9.59 Å². The topological polar surface area (TPSA) is 116 Å². The molecular weight excluding hydrogens is 320 g/mol. The summed E-state index contributed by atoms with van der Waals surface area (Å²) in [6, 6.07) is 1.88. The average molecular weight is 342 g/mol. The lowest BCUT2D eigenvalue weighted by Crippen LogP contribution is -2.35. The van der Waals surface area contributed by atoms with Crippen molar-refractivity contribution in [2.24, 2.45) is 11.1 Å². The fraction of sp³-hybridized carbons (Fsp3) is 0.471. The quantitative estimate of drug-likeness (QED) is 0.663. The van der Waals surface area contributed by atoms with Crippen LogP contribution >= 0.6 is 0 Å². The number of hydrogen-bond acceptors (Lipinski definition) is 5. The Kier molecular flexibility index (Phi) is 3.84. The van der Waals surface area contributed by atoms with Crippen molar-refractivity contribution in [3.63, 3.8) is 0 Å². The average Bonchev–Trinajstić information content (AvgIpc) is 3.14. The first kappa shape index (κ1) is 15.9. The number of carbonyl (C=O) groups is 2. The predicted octanol–water partition coefficient (Wildman–Crippen LogP) is 0.981. The molecule has 0 aromatic carbocycles. The van der Waals surface area contributed by atoms with Gasteiger partial charge in [-0.3, -0.25) is 9.59 Å². The number of nitrogens with two attached hydrogens (primary N) is 1. The smallest absolute Gasteiger partial charge is 0.252 e. The van der Waals surface area contributed by atoms with Gasteiger partial charge in [0.2, 0.25) is 5.91 Å². The summed E-state index contributed by atoms with van der Waals surface area (Å²) in [5.41, 5.74) is 10.4. The molecule has 2 aliphatic rings. The zero-order valence-electron chi connectivity index (χ0n) is 14.0. The molecule has 0 saturated carbocycles. The third kappa shape index (κ3) is 2.72. The summed E-state index contributed by atoms with van der Waals surface area (Å²) < 4.78 is 0. The summed E-state index contributed by atoms with van der Waals surface area (Å²) in [6.45, 7) is 2.31. The lowest BCUT2D eigenvalue weighted by atomic mass is 9.79. The molecule has 2 saturated heterocycles. The van der Waals surface area contributed by atoms with Crippen molar-refractivity contribution in [1.82, 2.24) is 20.3 Å². The second-order valence-corrected chi connectivity index (χ2v) is 6.89. The van der Waals surface area contributed by atoms with Gasteiger partial charge < -0.3 is 21.5 Å². The van der Waals surface area contributed by atoms with Crippen LogP contribution in [0.1, 0.15) is 36.0 Å². The molecule has 2 fully saturated rings. The highest BCUT2D eigenvalue weighted by molar-refractivity contribution is 6.05. The van der Waals surface area contributed by atoms with E-state index in [1.54, 1.807) is 6.20 Å². The van der Waals surface area contributed by atoms with Crippen molar-refractivity contribution >= 4 is 28.5 Å². The van der Waals surface area contributed by atoms with Crippen LogP contribution in [0.25, 0.3) is 11.0 Å². The number of hydrogen-bond donors (Lipinski definition) is 4. The van der Waals surface area contributed by atoms with E-state index >= 15 is 0 Å². The summed E-state index contributed by atoms with van der Waals surface area (Å²) in [6.07, 6.45) is 6.81. The van der Waals surface area contributed by atoms with Gasteiger partial charge >= 0.3 is 0 Å². The highest BCUT2D eigenvalue weighted by Crippen LogP contribution is 2.38. The molecule has 8 nitrogen and oxygen atoms in total. The number of nitrogens with one attached hydrogen (secondary N) is 3. The molecule has 2 aliphatic heterocycles. The number of amides is 2. The summed E-state index contributed by atoms with van der Waals surface area (Å²) in [4.78, 5) is 31.3. The second-order valence-electron chi connectivity index (χ2n) is 6.89. The van der Waals surface area contributed by atoms with Crippen LogP contribution in [-0.2, 0) is 4.79 Å². The zero-order chi connectivity index (χ0) is 17.4. The van der Waals surface area contributed by atoms with Crippen molar-refractivity contribution in [2.75, 3.05) is 25.1 Å². The molecule has 2 aromatic heterocycles. The van der Waals surface area contributed by atoms with Gasteiger partial charge in [0.1, 0.15) is 5.65 Å². The lowest BCUT2D eigenvalue weighted by molar-refractivity contribution is -0.128. The van der Waals surface area contributed by atoms with E-state index in [0.29, 0.717) is 16.9 Å². The maximum atomic E-state index is 12.2. The molecule has 0 radical (unpaired) electrons. The van der Waals surface area contributed by atoms with E-state index in [0.717, 1.165) is 50.7 Å². The molecule has 0 aliphatic carbocycles. The first-order valence-electron chi connectivity index (χ1n) is 8.65. The number of carbonyl (C=O) groups excluding carboxylic acids is 2. The zero-order valence-corrected chi connectivity index (χ0v) is 14.0. The molecule has 1 spiro atoms. The summed E-state index contributed by atoms with van der Waals surface area (Å²) in [5.74, 6) is -0.330. The van der Waals surface area contributed by atoms with E-state index in [9.17, 15) is 9.59 Å². The number of aromatic nitrogens is 2. The molecule has 2 aromatic rings. The van der Waals surface area contributed by atoms with E-state index < -0.39 is 5.91 Å². The first-order valence-corrected chi connectivity index (χ1v) is 8.65. The van der Waals surface area contributed by atoms with Crippen molar-refractivity contribution in [3.8, 4) is 0 Å². The molecular formula is C17H22N6O2. The minimum atomic E-state index is -0.514. The van der Waals surface area contributed by atoms with Crippen LogP contribution in [0.15, 0.2) is 18.5 Å². The molecule has 4 rings (SSSR count). The van der Waals surface area contributed by atoms with Crippen LogP contribution in [0.5, 0.6) is 0 Å². The number of primary amides is 1. The SMILES string of the molecule is NC(=O)c1cnc2[nH]ccc2c1NN1CCCC2(CCNC2=O)CC1. The molecule has 4 heterocycles. The van der Waals surface area contributed by atoms with Crippen LogP contribution < -0.4 is 16.5 Å². The normalized spacial score (nSPS) is 24.4. The largest absolute Gasteiger partial charge is 0.365 e. The van der Waals surface area contributed by atoms with E-state index in [4.69, 9.17) is 5.73 Å². The van der Waals surface area contributed by atoms with Crippen LogP contribution in [-0.4, -0.2) is 46.4 Å². The Hall–Kier alpha value is -2.61. The monoisotopic (exact) mass is 342 g/mol. The van der Waals surface area contributed by atoms with Crippen molar-refractivity contribution in [2.45, 2.75) is 25.7 Å². The van der Waals surface area contributed by atoms with Gasteiger partial charge in [-0.05, 0) is 31.7 Å². The van der Waals surface area contributed by atoms with Gasteiger partial charge in [-0.15, -0.1) is 0 Å². The third-order valence-electron chi connectivity index (χ3n) is 5.44.